The van der Waals surface area contributed by atoms with E-state index in [1.165, 1.54) is 6.07 Å². The zero-order valence-electron chi connectivity index (χ0n) is 15.1. The van der Waals surface area contributed by atoms with Crippen LogP contribution >= 0.6 is 11.8 Å². The molecule has 2 heterocycles. The molecule has 1 saturated carbocycles. The van der Waals surface area contributed by atoms with Gasteiger partial charge in [0.1, 0.15) is 5.82 Å². The number of aryl methyl sites for hydroxylation is 1. The average molecular weight is 379 g/mol. The zero-order chi connectivity index (χ0) is 18.6. The Bertz CT molecular complexity index is 924. The highest BCUT2D eigenvalue weighted by molar-refractivity contribution is 6.13. The van der Waals surface area contributed by atoms with Gasteiger partial charge in [0.15, 0.2) is 0 Å². The van der Waals surface area contributed by atoms with Crippen LogP contribution in [0, 0.1) is 18.7 Å². The van der Waals surface area contributed by atoms with Crippen molar-refractivity contribution in [1.82, 2.24) is 9.40 Å². The summed E-state index contributed by atoms with van der Waals surface area (Å²) in [6.45, 7) is 5.47. The van der Waals surface area contributed by atoms with Crippen molar-refractivity contribution < 1.29 is 4.39 Å². The van der Waals surface area contributed by atoms with Crippen LogP contribution in [0.3, 0.4) is 0 Å². The highest BCUT2D eigenvalue weighted by Crippen LogP contribution is 2.40. The van der Waals surface area contributed by atoms with Gasteiger partial charge in [-0.2, -0.15) is 0 Å². The Labute approximate surface area is 157 Å². The van der Waals surface area contributed by atoms with Crippen molar-refractivity contribution in [2.75, 3.05) is 23.7 Å². The normalized spacial score (nSPS) is 21.5. The summed E-state index contributed by atoms with van der Waals surface area (Å²) < 4.78 is 16.8. The fraction of sp³-hybridized carbons (Fsp3) is 0.526. The number of nitrogens with two attached hydrogens (primary N) is 1. The van der Waals surface area contributed by atoms with E-state index < -0.39 is 0 Å². The summed E-state index contributed by atoms with van der Waals surface area (Å²) in [5.74, 6) is 0.0987. The van der Waals surface area contributed by atoms with Crippen LogP contribution in [-0.4, -0.2) is 23.7 Å². The standard InChI is InChI=1S/C19H24ClFN4O/c1-10-17-13(8-16(22)19(26)25(17)14-3-4-14)7-15(21)18(10)24-6-5-12(9-24)11(2)23-20/h7-8,11-12,14,23H,3-6,9,22H2,1-2H3/t11-,12+/m0/s1. The van der Waals surface area contributed by atoms with Crippen molar-refractivity contribution >= 4 is 34.1 Å². The number of nitrogens with one attached hydrogen (secondary N) is 1. The Balaban J connectivity index is 1.85. The number of nitrogen functional groups attached to an aromatic ring is 1. The minimum atomic E-state index is -0.262. The van der Waals surface area contributed by atoms with E-state index in [0.717, 1.165) is 43.4 Å². The first kappa shape index (κ1) is 17.6. The van der Waals surface area contributed by atoms with Crippen LogP contribution in [0.4, 0.5) is 15.8 Å². The van der Waals surface area contributed by atoms with E-state index >= 15 is 4.39 Å². The molecule has 2 aromatic rings. The lowest BCUT2D eigenvalue weighted by Gasteiger charge is -2.25. The highest BCUT2D eigenvalue weighted by atomic mass is 35.5. The van der Waals surface area contributed by atoms with Crippen molar-refractivity contribution in [3.05, 3.63) is 33.9 Å². The molecular weight excluding hydrogens is 355 g/mol. The molecule has 1 aromatic heterocycles. The maximum absolute atomic E-state index is 15.0. The number of hydrogen-bond donors (Lipinski definition) is 2. The fourth-order valence-corrected chi connectivity index (χ4v) is 4.42. The minimum Gasteiger partial charge on any atom is -0.394 e. The molecule has 0 amide bonds. The van der Waals surface area contributed by atoms with Crippen molar-refractivity contribution in [2.24, 2.45) is 5.92 Å². The van der Waals surface area contributed by atoms with Crippen LogP contribution in [0.25, 0.3) is 10.9 Å². The van der Waals surface area contributed by atoms with E-state index in [9.17, 15) is 4.79 Å². The third-order valence-corrected chi connectivity index (χ3v) is 6.19. The number of halogens is 2. The van der Waals surface area contributed by atoms with Crippen molar-refractivity contribution in [1.29, 1.82) is 0 Å². The molecule has 3 N–H and O–H groups in total. The molecule has 1 aliphatic carbocycles. The second-order valence-corrected chi connectivity index (χ2v) is 7.89. The van der Waals surface area contributed by atoms with Crippen molar-refractivity contribution in [2.45, 2.75) is 45.2 Å². The lowest BCUT2D eigenvalue weighted by atomic mass is 10.0. The minimum absolute atomic E-state index is 0.162. The Hall–Kier alpha value is -1.79. The molecule has 2 atom stereocenters. The molecule has 140 valence electrons. The summed E-state index contributed by atoms with van der Waals surface area (Å²) in [4.78, 5) is 17.5. The van der Waals surface area contributed by atoms with Crippen LogP contribution in [0.15, 0.2) is 16.9 Å². The maximum Gasteiger partial charge on any atom is 0.274 e. The van der Waals surface area contributed by atoms with E-state index in [2.05, 4.69) is 9.74 Å². The predicted molar refractivity (Wildman–Crippen MR) is 104 cm³/mol. The zero-order valence-corrected chi connectivity index (χ0v) is 15.8. The first-order valence-electron chi connectivity index (χ1n) is 9.17. The molecule has 5 nitrogen and oxygen atoms in total. The summed E-state index contributed by atoms with van der Waals surface area (Å²) >= 11 is 5.77. The molecule has 4 rings (SSSR count). The second-order valence-electron chi connectivity index (χ2n) is 7.67. The van der Waals surface area contributed by atoms with Gasteiger partial charge in [0, 0.05) is 30.6 Å². The highest BCUT2D eigenvalue weighted by Gasteiger charge is 2.32. The Morgan fingerprint density at radius 2 is 2.08 bits per heavy atom. The molecule has 2 aliphatic rings. The number of rotatable bonds is 4. The molecule has 1 saturated heterocycles. The van der Waals surface area contributed by atoms with Gasteiger partial charge in [0.05, 0.1) is 16.9 Å². The predicted octanol–water partition coefficient (Wildman–Crippen LogP) is 3.32. The van der Waals surface area contributed by atoms with E-state index in [-0.39, 0.29) is 29.1 Å². The molecule has 0 unspecified atom stereocenters. The smallest absolute Gasteiger partial charge is 0.274 e. The summed E-state index contributed by atoms with van der Waals surface area (Å²) in [6, 6.07) is 3.46. The third kappa shape index (κ3) is 2.76. The Kier molecular flexibility index (Phi) is 4.35. The number of benzene rings is 1. The van der Waals surface area contributed by atoms with Gasteiger partial charge in [-0.05, 0) is 68.5 Å². The van der Waals surface area contributed by atoms with Crippen molar-refractivity contribution in [3.8, 4) is 0 Å². The molecule has 0 radical (unpaired) electrons. The van der Waals surface area contributed by atoms with E-state index in [0.29, 0.717) is 17.0 Å². The third-order valence-electron chi connectivity index (χ3n) is 5.84. The van der Waals surface area contributed by atoms with Gasteiger partial charge in [0.2, 0.25) is 0 Å². The topological polar surface area (TPSA) is 63.3 Å². The van der Waals surface area contributed by atoms with Crippen LogP contribution in [-0.2, 0) is 0 Å². The number of anilines is 2. The molecule has 0 spiro atoms. The van der Waals surface area contributed by atoms with Gasteiger partial charge in [-0.15, -0.1) is 0 Å². The Morgan fingerprint density at radius 3 is 2.73 bits per heavy atom. The second kappa shape index (κ2) is 6.43. The summed E-state index contributed by atoms with van der Waals surface area (Å²) in [6.07, 6.45) is 2.89. The number of nitrogens with zero attached hydrogens (tertiary/aromatic N) is 2. The lowest BCUT2D eigenvalue weighted by Crippen LogP contribution is -2.31. The Morgan fingerprint density at radius 1 is 1.35 bits per heavy atom. The van der Waals surface area contributed by atoms with Gasteiger partial charge >= 0.3 is 0 Å². The largest absolute Gasteiger partial charge is 0.394 e. The van der Waals surface area contributed by atoms with Gasteiger partial charge in [-0.3, -0.25) is 4.79 Å². The summed E-state index contributed by atoms with van der Waals surface area (Å²) in [5, 5.41) is 0.694. The first-order chi connectivity index (χ1) is 12.4. The maximum atomic E-state index is 15.0. The molecular formula is C19H24ClFN4O. The average Bonchev–Trinajstić information content (AvgIpc) is 3.33. The quantitative estimate of drug-likeness (QED) is 0.801. The van der Waals surface area contributed by atoms with Gasteiger partial charge in [-0.1, -0.05) is 0 Å². The monoisotopic (exact) mass is 378 g/mol. The first-order valence-corrected chi connectivity index (χ1v) is 9.55. The van der Waals surface area contributed by atoms with Gasteiger partial charge in [-0.25, -0.2) is 9.23 Å². The molecule has 1 aromatic carbocycles. The van der Waals surface area contributed by atoms with Crippen LogP contribution in [0.5, 0.6) is 0 Å². The van der Waals surface area contributed by atoms with Gasteiger partial charge < -0.3 is 15.2 Å². The molecule has 26 heavy (non-hydrogen) atoms. The van der Waals surface area contributed by atoms with Crippen LogP contribution in [0.1, 0.15) is 37.8 Å². The number of aromatic nitrogens is 1. The number of fused-ring (bicyclic) bond motifs is 1. The summed E-state index contributed by atoms with van der Waals surface area (Å²) in [7, 11) is 0. The number of hydrogen-bond acceptors (Lipinski definition) is 4. The van der Waals surface area contributed by atoms with E-state index in [1.54, 1.807) is 10.6 Å². The SMILES string of the molecule is Cc1c(N2CC[C@@H]([C@H](C)NCl)C2)c(F)cc2cc(N)c(=O)n(C3CC3)c12. The van der Waals surface area contributed by atoms with E-state index in [1.807, 2.05) is 13.8 Å². The number of pyridine rings is 1. The lowest BCUT2D eigenvalue weighted by molar-refractivity contribution is 0.461. The van der Waals surface area contributed by atoms with Crippen LogP contribution in [0.2, 0.25) is 0 Å². The molecule has 0 bridgehead atoms. The van der Waals surface area contributed by atoms with Crippen LogP contribution < -0.4 is 21.0 Å². The fourth-order valence-electron chi connectivity index (χ4n) is 4.24. The van der Waals surface area contributed by atoms with Crippen molar-refractivity contribution in [3.63, 3.8) is 0 Å². The molecule has 2 fully saturated rings. The van der Waals surface area contributed by atoms with E-state index in [4.69, 9.17) is 17.5 Å². The molecule has 7 heteroatoms. The summed E-state index contributed by atoms with van der Waals surface area (Å²) in [5.41, 5.74) is 8.14. The van der Waals surface area contributed by atoms with Gasteiger partial charge in [0.25, 0.3) is 5.56 Å². The molecule has 1 aliphatic heterocycles.